The normalized spacial score (nSPS) is 10.9. The van der Waals surface area contributed by atoms with Crippen molar-refractivity contribution in [3.8, 4) is 0 Å². The van der Waals surface area contributed by atoms with Gasteiger partial charge in [0.1, 0.15) is 16.5 Å². The first-order chi connectivity index (χ1) is 8.76. The van der Waals surface area contributed by atoms with Gasteiger partial charge in [0.05, 0.1) is 6.20 Å². The molecule has 90 valence electrons. The van der Waals surface area contributed by atoms with Crippen LogP contribution in [-0.2, 0) is 6.42 Å². The maximum Gasteiger partial charge on any atom is 0.212 e. The molecule has 2 heterocycles. The van der Waals surface area contributed by atoms with Crippen molar-refractivity contribution in [2.24, 2.45) is 0 Å². The number of carbonyl (C=O) groups is 1. The standard InChI is InChI=1S/C12H8FN3OS/c13-9-3-1-8(2-4-9)5-11-15-16-10(7-17)6-14-12(16)18-11/h1-4,6-7H,5H2. The molecule has 0 amide bonds. The van der Waals surface area contributed by atoms with Crippen molar-refractivity contribution < 1.29 is 9.18 Å². The molecule has 0 bridgehead atoms. The van der Waals surface area contributed by atoms with Crippen LogP contribution in [0.4, 0.5) is 4.39 Å². The van der Waals surface area contributed by atoms with Crippen LogP contribution in [0.2, 0.25) is 0 Å². The molecule has 0 unspecified atom stereocenters. The highest BCUT2D eigenvalue weighted by atomic mass is 32.1. The molecule has 0 fully saturated rings. The van der Waals surface area contributed by atoms with Crippen LogP contribution in [0.3, 0.4) is 0 Å². The minimum atomic E-state index is -0.254. The van der Waals surface area contributed by atoms with Gasteiger partial charge in [-0.25, -0.2) is 13.9 Å². The zero-order valence-corrected chi connectivity index (χ0v) is 10.0. The van der Waals surface area contributed by atoms with Gasteiger partial charge in [-0.05, 0) is 17.7 Å². The summed E-state index contributed by atoms with van der Waals surface area (Å²) in [6.07, 6.45) is 2.82. The third kappa shape index (κ3) is 1.91. The number of aldehydes is 1. The van der Waals surface area contributed by atoms with Gasteiger partial charge >= 0.3 is 0 Å². The van der Waals surface area contributed by atoms with E-state index in [1.807, 2.05) is 0 Å². The SMILES string of the molecule is O=Cc1cnc2sc(Cc3ccc(F)cc3)nn12. The highest BCUT2D eigenvalue weighted by Crippen LogP contribution is 2.18. The van der Waals surface area contributed by atoms with E-state index in [2.05, 4.69) is 10.1 Å². The number of halogens is 1. The summed E-state index contributed by atoms with van der Waals surface area (Å²) in [7, 11) is 0. The lowest BCUT2D eigenvalue weighted by Gasteiger charge is -1.96. The van der Waals surface area contributed by atoms with E-state index in [-0.39, 0.29) is 5.82 Å². The Kier molecular flexibility index (Phi) is 2.64. The lowest BCUT2D eigenvalue weighted by atomic mass is 10.2. The van der Waals surface area contributed by atoms with E-state index in [4.69, 9.17) is 0 Å². The van der Waals surface area contributed by atoms with Gasteiger partial charge in [-0.3, -0.25) is 4.79 Å². The van der Waals surface area contributed by atoms with Crippen LogP contribution in [0.25, 0.3) is 4.96 Å². The summed E-state index contributed by atoms with van der Waals surface area (Å²) >= 11 is 1.42. The van der Waals surface area contributed by atoms with Crippen molar-refractivity contribution in [2.45, 2.75) is 6.42 Å². The van der Waals surface area contributed by atoms with E-state index in [0.29, 0.717) is 17.1 Å². The predicted molar refractivity (Wildman–Crippen MR) is 65.5 cm³/mol. The van der Waals surface area contributed by atoms with E-state index in [1.54, 1.807) is 12.1 Å². The third-order valence-electron chi connectivity index (χ3n) is 2.54. The quantitative estimate of drug-likeness (QED) is 0.680. The van der Waals surface area contributed by atoms with Crippen molar-refractivity contribution in [1.29, 1.82) is 0 Å². The fraction of sp³-hybridized carbons (Fsp3) is 0.0833. The maximum absolute atomic E-state index is 12.8. The Morgan fingerprint density at radius 3 is 2.83 bits per heavy atom. The van der Waals surface area contributed by atoms with E-state index in [9.17, 15) is 9.18 Å². The van der Waals surface area contributed by atoms with E-state index < -0.39 is 0 Å². The molecule has 0 saturated heterocycles. The number of imidazole rings is 1. The molecule has 0 aliphatic heterocycles. The van der Waals surface area contributed by atoms with Gasteiger partial charge < -0.3 is 0 Å². The lowest BCUT2D eigenvalue weighted by molar-refractivity contribution is 0.111. The van der Waals surface area contributed by atoms with Gasteiger partial charge in [-0.15, -0.1) is 0 Å². The molecular weight excluding hydrogens is 253 g/mol. The molecule has 2 aromatic heterocycles. The minimum Gasteiger partial charge on any atom is -0.296 e. The van der Waals surface area contributed by atoms with Gasteiger partial charge in [0.15, 0.2) is 6.29 Å². The largest absolute Gasteiger partial charge is 0.296 e. The number of fused-ring (bicyclic) bond motifs is 1. The Bertz CT molecular complexity index is 702. The molecule has 1 aromatic carbocycles. The number of hydrogen-bond acceptors (Lipinski definition) is 4. The molecule has 3 rings (SSSR count). The highest BCUT2D eigenvalue weighted by molar-refractivity contribution is 7.16. The van der Waals surface area contributed by atoms with Crippen LogP contribution in [0, 0.1) is 5.82 Å². The summed E-state index contributed by atoms with van der Waals surface area (Å²) < 4.78 is 14.3. The molecule has 4 nitrogen and oxygen atoms in total. The summed E-state index contributed by atoms with van der Waals surface area (Å²) in [6.45, 7) is 0. The summed E-state index contributed by atoms with van der Waals surface area (Å²) in [4.78, 5) is 15.5. The van der Waals surface area contributed by atoms with Gasteiger partial charge in [-0.1, -0.05) is 23.5 Å². The molecule has 0 saturated carbocycles. The van der Waals surface area contributed by atoms with Crippen molar-refractivity contribution in [2.75, 3.05) is 0 Å². The van der Waals surface area contributed by atoms with E-state index >= 15 is 0 Å². The Morgan fingerprint density at radius 1 is 1.33 bits per heavy atom. The number of carbonyl (C=O) groups excluding carboxylic acids is 1. The van der Waals surface area contributed by atoms with Crippen LogP contribution in [0.1, 0.15) is 21.1 Å². The Hall–Kier alpha value is -2.08. The van der Waals surface area contributed by atoms with Crippen LogP contribution in [0.15, 0.2) is 30.5 Å². The molecule has 0 spiro atoms. The second-order valence-corrected chi connectivity index (χ2v) is 4.83. The molecule has 0 atom stereocenters. The van der Waals surface area contributed by atoms with Gasteiger partial charge in [0.2, 0.25) is 4.96 Å². The Morgan fingerprint density at radius 2 is 2.11 bits per heavy atom. The number of benzene rings is 1. The van der Waals surface area contributed by atoms with Gasteiger partial charge in [-0.2, -0.15) is 5.10 Å². The van der Waals surface area contributed by atoms with Crippen molar-refractivity contribution in [1.82, 2.24) is 14.6 Å². The highest BCUT2D eigenvalue weighted by Gasteiger charge is 2.09. The van der Waals surface area contributed by atoms with Crippen LogP contribution in [-0.4, -0.2) is 20.9 Å². The van der Waals surface area contributed by atoms with E-state index in [0.717, 1.165) is 16.9 Å². The Labute approximate surface area is 106 Å². The zero-order chi connectivity index (χ0) is 12.5. The van der Waals surface area contributed by atoms with Crippen molar-refractivity contribution in [3.05, 3.63) is 52.5 Å². The average Bonchev–Trinajstić information content (AvgIpc) is 2.91. The van der Waals surface area contributed by atoms with Crippen LogP contribution in [0.5, 0.6) is 0 Å². The first-order valence-electron chi connectivity index (χ1n) is 5.29. The lowest BCUT2D eigenvalue weighted by Crippen LogP contribution is -1.94. The monoisotopic (exact) mass is 261 g/mol. The predicted octanol–water partition coefficient (Wildman–Crippen LogP) is 2.33. The van der Waals surface area contributed by atoms with Crippen molar-refractivity contribution in [3.63, 3.8) is 0 Å². The smallest absolute Gasteiger partial charge is 0.212 e. The third-order valence-corrected chi connectivity index (χ3v) is 3.47. The molecule has 18 heavy (non-hydrogen) atoms. The number of hydrogen-bond donors (Lipinski definition) is 0. The summed E-state index contributed by atoms with van der Waals surface area (Å²) in [5.74, 6) is -0.254. The first-order valence-corrected chi connectivity index (χ1v) is 6.11. The molecule has 0 aliphatic carbocycles. The number of nitrogens with zero attached hydrogens (tertiary/aromatic N) is 3. The van der Waals surface area contributed by atoms with Crippen molar-refractivity contribution >= 4 is 22.6 Å². The Balaban J connectivity index is 1.92. The van der Waals surface area contributed by atoms with Gasteiger partial charge in [0.25, 0.3) is 0 Å². The topological polar surface area (TPSA) is 47.3 Å². The van der Waals surface area contributed by atoms with E-state index in [1.165, 1.54) is 34.2 Å². The second-order valence-electron chi connectivity index (χ2n) is 3.79. The second kappa shape index (κ2) is 4.30. The minimum absolute atomic E-state index is 0.254. The fourth-order valence-electron chi connectivity index (χ4n) is 1.68. The summed E-state index contributed by atoms with van der Waals surface area (Å²) in [5.41, 5.74) is 1.41. The van der Waals surface area contributed by atoms with Crippen LogP contribution >= 0.6 is 11.3 Å². The molecule has 0 N–H and O–H groups in total. The fourth-order valence-corrected chi connectivity index (χ4v) is 2.59. The molecule has 6 heteroatoms. The number of rotatable bonds is 3. The molecular formula is C12H8FN3OS. The first kappa shape index (κ1) is 11.0. The van der Waals surface area contributed by atoms with Crippen LogP contribution < -0.4 is 0 Å². The molecule has 0 aliphatic rings. The summed E-state index contributed by atoms with van der Waals surface area (Å²) in [5, 5.41) is 5.15. The van der Waals surface area contributed by atoms with Gasteiger partial charge in [0, 0.05) is 6.42 Å². The number of aromatic nitrogens is 3. The molecule has 0 radical (unpaired) electrons. The molecule has 3 aromatic rings. The average molecular weight is 261 g/mol. The maximum atomic E-state index is 12.8. The summed E-state index contributed by atoms with van der Waals surface area (Å²) in [6, 6.07) is 6.29. The zero-order valence-electron chi connectivity index (χ0n) is 9.21.